The minimum Gasteiger partial charge on any atom is -0.487 e. The highest BCUT2D eigenvalue weighted by molar-refractivity contribution is 5.94. The van der Waals surface area contributed by atoms with Crippen molar-refractivity contribution in [2.24, 2.45) is 0 Å². The standard InChI is InChI=1S/C23H19N5O5/c29-22(28-9-7-20-19(12-28)26-21(33-20)23(30)31)15-3-1-2-14(10-15)13-32-16-4-5-17(24-11-16)18-6-8-25-27-18/h1-6,8,10-11H,7,9,12-13H2,(H,25,27)(H,30,31). The molecule has 3 aromatic heterocycles. The summed E-state index contributed by atoms with van der Waals surface area (Å²) in [5.74, 6) is -0.598. The number of H-pyrrole nitrogens is 1. The van der Waals surface area contributed by atoms with E-state index in [2.05, 4.69) is 20.2 Å². The van der Waals surface area contributed by atoms with Crippen LogP contribution in [0.1, 0.15) is 38.1 Å². The van der Waals surface area contributed by atoms with Gasteiger partial charge in [0.2, 0.25) is 0 Å². The Kier molecular flexibility index (Phi) is 5.31. The lowest BCUT2D eigenvalue weighted by atomic mass is 10.1. The van der Waals surface area contributed by atoms with E-state index in [0.29, 0.717) is 35.7 Å². The summed E-state index contributed by atoms with van der Waals surface area (Å²) in [5, 5.41) is 15.8. The molecule has 166 valence electrons. The number of hydrogen-bond acceptors (Lipinski definition) is 7. The first-order chi connectivity index (χ1) is 16.1. The monoisotopic (exact) mass is 445 g/mol. The first-order valence-corrected chi connectivity index (χ1v) is 10.3. The molecular weight excluding hydrogens is 426 g/mol. The molecule has 0 saturated heterocycles. The molecule has 0 unspecified atom stereocenters. The second-order valence-electron chi connectivity index (χ2n) is 7.51. The number of pyridine rings is 1. The fourth-order valence-corrected chi connectivity index (χ4v) is 3.63. The lowest BCUT2D eigenvalue weighted by molar-refractivity contribution is 0.0648. The van der Waals surface area contributed by atoms with E-state index in [9.17, 15) is 9.59 Å². The smallest absolute Gasteiger partial charge is 0.392 e. The van der Waals surface area contributed by atoms with Crippen molar-refractivity contribution in [2.75, 3.05) is 6.54 Å². The van der Waals surface area contributed by atoms with E-state index in [1.807, 2.05) is 24.3 Å². The maximum absolute atomic E-state index is 13.0. The van der Waals surface area contributed by atoms with Crippen LogP contribution < -0.4 is 4.74 Å². The van der Waals surface area contributed by atoms with Crippen LogP contribution in [0.15, 0.2) is 59.3 Å². The molecule has 1 amide bonds. The number of nitrogens with zero attached hydrogens (tertiary/aromatic N) is 4. The van der Waals surface area contributed by atoms with Crippen molar-refractivity contribution >= 4 is 11.9 Å². The van der Waals surface area contributed by atoms with Crippen molar-refractivity contribution in [3.63, 3.8) is 0 Å². The van der Waals surface area contributed by atoms with Crippen LogP contribution in [-0.2, 0) is 19.6 Å². The normalized spacial score (nSPS) is 12.9. The average Bonchev–Trinajstić information content (AvgIpc) is 3.53. The number of carbonyl (C=O) groups excluding carboxylic acids is 1. The molecule has 0 atom stereocenters. The van der Waals surface area contributed by atoms with Gasteiger partial charge in [0.1, 0.15) is 23.8 Å². The summed E-state index contributed by atoms with van der Waals surface area (Å²) in [6, 6.07) is 12.7. The van der Waals surface area contributed by atoms with E-state index in [0.717, 1.165) is 17.0 Å². The van der Waals surface area contributed by atoms with Crippen molar-refractivity contribution in [1.29, 1.82) is 0 Å². The van der Waals surface area contributed by atoms with Crippen molar-refractivity contribution in [1.82, 2.24) is 25.1 Å². The van der Waals surface area contributed by atoms with Crippen LogP contribution in [-0.4, -0.2) is 48.6 Å². The molecule has 0 spiro atoms. The number of fused-ring (bicyclic) bond motifs is 1. The van der Waals surface area contributed by atoms with Gasteiger partial charge in [-0.25, -0.2) is 9.78 Å². The highest BCUT2D eigenvalue weighted by Gasteiger charge is 2.27. The van der Waals surface area contributed by atoms with Crippen LogP contribution >= 0.6 is 0 Å². The number of rotatable bonds is 6. The van der Waals surface area contributed by atoms with Gasteiger partial charge in [-0.15, -0.1) is 0 Å². The summed E-state index contributed by atoms with van der Waals surface area (Å²) >= 11 is 0. The Hall–Kier alpha value is -4.47. The Morgan fingerprint density at radius 3 is 2.88 bits per heavy atom. The fourth-order valence-electron chi connectivity index (χ4n) is 3.63. The zero-order valence-corrected chi connectivity index (χ0v) is 17.4. The maximum Gasteiger partial charge on any atom is 0.392 e. The summed E-state index contributed by atoms with van der Waals surface area (Å²) in [6.45, 7) is 0.913. The van der Waals surface area contributed by atoms with Gasteiger partial charge in [0.15, 0.2) is 0 Å². The summed E-state index contributed by atoms with van der Waals surface area (Å²) in [6.07, 6.45) is 3.73. The number of hydrogen-bond donors (Lipinski definition) is 2. The Balaban J connectivity index is 1.23. The number of benzene rings is 1. The summed E-state index contributed by atoms with van der Waals surface area (Å²) < 4.78 is 11.1. The van der Waals surface area contributed by atoms with E-state index < -0.39 is 5.97 Å². The number of carbonyl (C=O) groups is 2. The van der Waals surface area contributed by atoms with E-state index >= 15 is 0 Å². The largest absolute Gasteiger partial charge is 0.487 e. The van der Waals surface area contributed by atoms with Gasteiger partial charge in [0.05, 0.1) is 24.1 Å². The van der Waals surface area contributed by atoms with Crippen LogP contribution in [0.2, 0.25) is 0 Å². The molecule has 1 aromatic carbocycles. The van der Waals surface area contributed by atoms with Crippen LogP contribution in [0, 0.1) is 0 Å². The number of carboxylic acid groups (broad SMARTS) is 1. The molecule has 4 aromatic rings. The van der Waals surface area contributed by atoms with Gasteiger partial charge >= 0.3 is 11.9 Å². The van der Waals surface area contributed by atoms with Gasteiger partial charge in [0.25, 0.3) is 5.91 Å². The van der Waals surface area contributed by atoms with Crippen molar-refractivity contribution in [3.8, 4) is 17.1 Å². The first-order valence-electron chi connectivity index (χ1n) is 10.3. The van der Waals surface area contributed by atoms with Gasteiger partial charge < -0.3 is 19.2 Å². The number of aromatic amines is 1. The molecule has 0 fully saturated rings. The van der Waals surface area contributed by atoms with Crippen LogP contribution in [0.5, 0.6) is 5.75 Å². The topological polar surface area (TPSA) is 134 Å². The zero-order chi connectivity index (χ0) is 22.8. The summed E-state index contributed by atoms with van der Waals surface area (Å²) in [7, 11) is 0. The maximum atomic E-state index is 13.0. The number of oxazole rings is 1. The number of aromatic nitrogens is 4. The molecule has 33 heavy (non-hydrogen) atoms. The second kappa shape index (κ2) is 8.58. The predicted octanol–water partition coefficient (Wildman–Crippen LogP) is 2.94. The quantitative estimate of drug-likeness (QED) is 0.463. The Morgan fingerprint density at radius 1 is 1.21 bits per heavy atom. The van der Waals surface area contributed by atoms with Crippen LogP contribution in [0.25, 0.3) is 11.4 Å². The molecule has 10 nitrogen and oxygen atoms in total. The lowest BCUT2D eigenvalue weighted by Gasteiger charge is -2.25. The first kappa shape index (κ1) is 20.4. The van der Waals surface area contributed by atoms with Crippen molar-refractivity contribution in [2.45, 2.75) is 19.6 Å². The van der Waals surface area contributed by atoms with Crippen molar-refractivity contribution < 1.29 is 23.8 Å². The molecule has 0 radical (unpaired) electrons. The van der Waals surface area contributed by atoms with E-state index in [4.69, 9.17) is 14.3 Å². The molecule has 0 aliphatic carbocycles. The van der Waals surface area contributed by atoms with Gasteiger partial charge in [-0.2, -0.15) is 5.10 Å². The molecule has 0 bridgehead atoms. The van der Waals surface area contributed by atoms with Gasteiger partial charge in [-0.05, 0) is 35.9 Å². The molecule has 4 heterocycles. The Bertz CT molecular complexity index is 1300. The number of amides is 1. The average molecular weight is 445 g/mol. The highest BCUT2D eigenvalue weighted by Crippen LogP contribution is 2.22. The Labute approximate surface area is 187 Å². The molecular formula is C23H19N5O5. The molecule has 1 aliphatic heterocycles. The molecule has 10 heteroatoms. The van der Waals surface area contributed by atoms with Crippen LogP contribution in [0.3, 0.4) is 0 Å². The van der Waals surface area contributed by atoms with Gasteiger partial charge in [-0.3, -0.25) is 14.9 Å². The third-order valence-electron chi connectivity index (χ3n) is 5.29. The molecule has 1 aliphatic rings. The zero-order valence-electron chi connectivity index (χ0n) is 17.4. The number of aromatic carboxylic acids is 1. The number of carboxylic acids is 1. The molecule has 5 rings (SSSR count). The predicted molar refractivity (Wildman–Crippen MR) is 114 cm³/mol. The van der Waals surface area contributed by atoms with Crippen molar-refractivity contribution in [3.05, 3.63) is 83.3 Å². The summed E-state index contributed by atoms with van der Waals surface area (Å²) in [5.41, 5.74) is 3.43. The summed E-state index contributed by atoms with van der Waals surface area (Å²) in [4.78, 5) is 34.1. The van der Waals surface area contributed by atoms with Crippen LogP contribution in [0.4, 0.5) is 0 Å². The SMILES string of the molecule is O=C(O)c1nc2c(o1)CCN(C(=O)c1cccc(COc3ccc(-c4ccn[nH]4)nc3)c1)C2. The highest BCUT2D eigenvalue weighted by atomic mass is 16.5. The Morgan fingerprint density at radius 2 is 2.12 bits per heavy atom. The fraction of sp³-hybridized carbons (Fsp3) is 0.174. The van der Waals surface area contributed by atoms with E-state index in [-0.39, 0.29) is 24.9 Å². The minimum absolute atomic E-state index is 0.159. The number of ether oxygens (including phenoxy) is 1. The number of nitrogens with one attached hydrogen (secondary N) is 1. The minimum atomic E-state index is -1.22. The van der Waals surface area contributed by atoms with E-state index in [1.165, 1.54) is 0 Å². The lowest BCUT2D eigenvalue weighted by Crippen LogP contribution is -2.35. The van der Waals surface area contributed by atoms with Gasteiger partial charge in [0, 0.05) is 24.7 Å². The molecule has 2 N–H and O–H groups in total. The third kappa shape index (κ3) is 4.31. The second-order valence-corrected chi connectivity index (χ2v) is 7.51. The molecule has 0 saturated carbocycles. The third-order valence-corrected chi connectivity index (χ3v) is 5.29. The van der Waals surface area contributed by atoms with E-state index in [1.54, 1.807) is 35.5 Å². The van der Waals surface area contributed by atoms with Gasteiger partial charge in [-0.1, -0.05) is 12.1 Å².